The number of rotatable bonds is 5. The van der Waals surface area contributed by atoms with E-state index in [-0.39, 0.29) is 22.9 Å². The number of aromatic nitrogens is 3. The van der Waals surface area contributed by atoms with Crippen molar-refractivity contribution in [3.05, 3.63) is 64.1 Å². The molecule has 10 heteroatoms. The van der Waals surface area contributed by atoms with Crippen LogP contribution >= 0.6 is 0 Å². The van der Waals surface area contributed by atoms with E-state index in [4.69, 9.17) is 5.26 Å². The molecule has 3 heterocycles. The second-order valence-corrected chi connectivity index (χ2v) is 7.73. The summed E-state index contributed by atoms with van der Waals surface area (Å²) in [6.45, 7) is 7.60. The minimum absolute atomic E-state index is 0.0514. The van der Waals surface area contributed by atoms with Gasteiger partial charge in [0, 0.05) is 32.4 Å². The van der Waals surface area contributed by atoms with Gasteiger partial charge in [-0.3, -0.25) is 4.79 Å². The van der Waals surface area contributed by atoms with Crippen LogP contribution in [0.2, 0.25) is 0 Å². The van der Waals surface area contributed by atoms with Crippen LogP contribution in [0.1, 0.15) is 28.4 Å². The molecule has 1 fully saturated rings. The number of likely N-dealkylation sites (N-methyl/N-ethyl adjacent to an activating group) is 1. The summed E-state index contributed by atoms with van der Waals surface area (Å²) in [6, 6.07) is 7.93. The molecule has 0 unspecified atom stereocenters. The van der Waals surface area contributed by atoms with Crippen molar-refractivity contribution in [1.29, 1.82) is 5.26 Å². The van der Waals surface area contributed by atoms with E-state index in [1.807, 2.05) is 0 Å². The van der Waals surface area contributed by atoms with Crippen molar-refractivity contribution in [2.24, 2.45) is 5.18 Å². The highest BCUT2D eigenvalue weighted by Crippen LogP contribution is 2.35. The summed E-state index contributed by atoms with van der Waals surface area (Å²) < 4.78 is 15.7. The van der Waals surface area contributed by atoms with E-state index in [0.29, 0.717) is 35.6 Å². The fourth-order valence-corrected chi connectivity index (χ4v) is 3.94. The SMILES string of the molecule is CCN1CCN(C(=O)c2ccc(-n3ncc(-c4ccc(C#N)c(F)c4C)c3N=O)nc2)CC1. The Morgan fingerprint density at radius 1 is 1.15 bits per heavy atom. The van der Waals surface area contributed by atoms with Crippen molar-refractivity contribution < 1.29 is 9.18 Å². The smallest absolute Gasteiger partial charge is 0.255 e. The molecule has 9 nitrogen and oxygen atoms in total. The van der Waals surface area contributed by atoms with Crippen molar-refractivity contribution >= 4 is 11.7 Å². The van der Waals surface area contributed by atoms with Crippen LogP contribution in [0.5, 0.6) is 0 Å². The molecule has 0 bridgehead atoms. The second-order valence-electron chi connectivity index (χ2n) is 7.73. The van der Waals surface area contributed by atoms with Gasteiger partial charge in [-0.05, 0) is 48.0 Å². The lowest BCUT2D eigenvalue weighted by atomic mass is 9.99. The van der Waals surface area contributed by atoms with Crippen molar-refractivity contribution in [3.63, 3.8) is 0 Å². The van der Waals surface area contributed by atoms with Crippen molar-refractivity contribution in [2.75, 3.05) is 32.7 Å². The maximum atomic E-state index is 14.4. The molecule has 0 atom stereocenters. The zero-order chi connectivity index (χ0) is 23.5. The lowest BCUT2D eigenvalue weighted by molar-refractivity contribution is 0.0643. The van der Waals surface area contributed by atoms with Gasteiger partial charge in [-0.15, -0.1) is 4.91 Å². The fourth-order valence-electron chi connectivity index (χ4n) is 3.94. The number of nitriles is 1. The van der Waals surface area contributed by atoms with Crippen LogP contribution in [-0.4, -0.2) is 63.2 Å². The largest absolute Gasteiger partial charge is 0.336 e. The molecule has 0 spiro atoms. The monoisotopic (exact) mass is 447 g/mol. The van der Waals surface area contributed by atoms with Gasteiger partial charge in [0.1, 0.15) is 11.9 Å². The first-order valence-electron chi connectivity index (χ1n) is 10.6. The molecule has 33 heavy (non-hydrogen) atoms. The summed E-state index contributed by atoms with van der Waals surface area (Å²) in [6.07, 6.45) is 2.85. The van der Waals surface area contributed by atoms with Crippen LogP contribution in [0.25, 0.3) is 16.9 Å². The molecule has 4 rings (SSSR count). The lowest BCUT2D eigenvalue weighted by Crippen LogP contribution is -2.48. The summed E-state index contributed by atoms with van der Waals surface area (Å²) in [5.74, 6) is -0.497. The topological polar surface area (TPSA) is 107 Å². The Morgan fingerprint density at radius 2 is 1.91 bits per heavy atom. The number of hydrogen-bond acceptors (Lipinski definition) is 7. The Kier molecular flexibility index (Phi) is 6.24. The average Bonchev–Trinajstić information content (AvgIpc) is 3.29. The lowest BCUT2D eigenvalue weighted by Gasteiger charge is -2.34. The first-order valence-corrected chi connectivity index (χ1v) is 10.6. The molecule has 0 aliphatic carbocycles. The maximum absolute atomic E-state index is 14.4. The van der Waals surface area contributed by atoms with Gasteiger partial charge in [-0.25, -0.2) is 9.37 Å². The maximum Gasteiger partial charge on any atom is 0.255 e. The van der Waals surface area contributed by atoms with Crippen LogP contribution in [0, 0.1) is 29.0 Å². The molecule has 1 aromatic carbocycles. The number of nitrogens with zero attached hydrogens (tertiary/aromatic N) is 7. The van der Waals surface area contributed by atoms with E-state index >= 15 is 0 Å². The summed E-state index contributed by atoms with van der Waals surface area (Å²) in [5, 5.41) is 16.3. The second kappa shape index (κ2) is 9.26. The highest BCUT2D eigenvalue weighted by atomic mass is 19.1. The predicted molar refractivity (Wildman–Crippen MR) is 120 cm³/mol. The van der Waals surface area contributed by atoms with Crippen LogP contribution in [0.3, 0.4) is 0 Å². The minimum Gasteiger partial charge on any atom is -0.336 e. The number of pyridine rings is 1. The summed E-state index contributed by atoms with van der Waals surface area (Å²) in [4.78, 5) is 32.8. The van der Waals surface area contributed by atoms with E-state index in [1.165, 1.54) is 30.1 Å². The molecule has 0 saturated carbocycles. The van der Waals surface area contributed by atoms with E-state index in [2.05, 4.69) is 27.1 Å². The number of hydrogen-bond donors (Lipinski definition) is 0. The molecule has 1 aliphatic rings. The Hall–Kier alpha value is -3.97. The van der Waals surface area contributed by atoms with E-state index < -0.39 is 5.82 Å². The molecular formula is C23H22FN7O2. The first-order chi connectivity index (χ1) is 16.0. The summed E-state index contributed by atoms with van der Waals surface area (Å²) in [5.41, 5.74) is 1.31. The molecule has 1 saturated heterocycles. The average molecular weight is 447 g/mol. The molecule has 3 aromatic rings. The Balaban J connectivity index is 1.60. The van der Waals surface area contributed by atoms with Gasteiger partial charge in [0.15, 0.2) is 5.82 Å². The zero-order valence-electron chi connectivity index (χ0n) is 18.3. The quantitative estimate of drug-likeness (QED) is 0.555. The van der Waals surface area contributed by atoms with Gasteiger partial charge in [0.25, 0.3) is 5.91 Å². The normalized spacial score (nSPS) is 14.2. The Morgan fingerprint density at radius 3 is 2.52 bits per heavy atom. The van der Waals surface area contributed by atoms with Gasteiger partial charge in [0.05, 0.1) is 22.9 Å². The molecule has 1 amide bonds. The highest BCUT2D eigenvalue weighted by molar-refractivity contribution is 5.94. The van der Waals surface area contributed by atoms with Gasteiger partial charge in [-0.1, -0.05) is 13.0 Å². The van der Waals surface area contributed by atoms with Gasteiger partial charge in [0.2, 0.25) is 5.82 Å². The number of halogens is 1. The van der Waals surface area contributed by atoms with Crippen LogP contribution < -0.4 is 0 Å². The van der Waals surface area contributed by atoms with Crippen LogP contribution in [0.15, 0.2) is 41.8 Å². The number of piperazine rings is 1. The summed E-state index contributed by atoms with van der Waals surface area (Å²) in [7, 11) is 0. The molecular weight excluding hydrogens is 425 g/mol. The van der Waals surface area contributed by atoms with Crippen LogP contribution in [0.4, 0.5) is 10.2 Å². The molecule has 1 aliphatic heterocycles. The molecule has 168 valence electrons. The minimum atomic E-state index is -0.652. The van der Waals surface area contributed by atoms with Gasteiger partial charge in [-0.2, -0.15) is 15.0 Å². The number of benzene rings is 1. The number of nitroso groups, excluding NO2 is 1. The molecule has 0 N–H and O–H groups in total. The molecule has 0 radical (unpaired) electrons. The number of amides is 1. The van der Waals surface area contributed by atoms with E-state index in [0.717, 1.165) is 19.6 Å². The van der Waals surface area contributed by atoms with Crippen LogP contribution in [-0.2, 0) is 0 Å². The van der Waals surface area contributed by atoms with E-state index in [9.17, 15) is 14.1 Å². The predicted octanol–water partition coefficient (Wildman–Crippen LogP) is 3.43. The van der Waals surface area contributed by atoms with Crippen molar-refractivity contribution in [1.82, 2.24) is 24.6 Å². The highest BCUT2D eigenvalue weighted by Gasteiger charge is 2.23. The third-order valence-corrected chi connectivity index (χ3v) is 5.95. The van der Waals surface area contributed by atoms with Crippen molar-refractivity contribution in [2.45, 2.75) is 13.8 Å². The van der Waals surface area contributed by atoms with Gasteiger partial charge >= 0.3 is 0 Å². The Bertz CT molecular complexity index is 1240. The first kappa shape index (κ1) is 22.2. The van der Waals surface area contributed by atoms with E-state index in [1.54, 1.807) is 29.2 Å². The standard InChI is InChI=1S/C23H22FN7O2/c1-3-29-8-10-30(11-9-29)23(32)17-5-7-20(26-13-17)31-22(28-33)19(14-27-31)18-6-4-16(12-25)21(24)15(18)2/h4-7,13-14H,3,8-11H2,1-2H3. The number of carbonyl (C=O) groups is 1. The third kappa shape index (κ3) is 4.10. The Labute approximate surface area is 190 Å². The number of carbonyl (C=O) groups excluding carboxylic acids is 1. The molecule has 2 aromatic heterocycles. The zero-order valence-corrected chi connectivity index (χ0v) is 18.3. The third-order valence-electron chi connectivity index (χ3n) is 5.95. The van der Waals surface area contributed by atoms with Gasteiger partial charge < -0.3 is 9.80 Å². The summed E-state index contributed by atoms with van der Waals surface area (Å²) >= 11 is 0. The van der Waals surface area contributed by atoms with Crippen molar-refractivity contribution in [3.8, 4) is 23.0 Å². The fraction of sp³-hybridized carbons (Fsp3) is 0.304.